The van der Waals surface area contributed by atoms with E-state index in [2.05, 4.69) is 4.18 Å². The van der Waals surface area contributed by atoms with Gasteiger partial charge in [0.2, 0.25) is 0 Å². The standard InChI is InChI=1S/C16H11F5O5S/c17-12-5-4-9(7-13(12)18)24-8-10-6-11-14(25-10)2-1-3-15(11)26-27(22,23)16(19,20)21/h1-5,7,10H,6,8H2. The number of hydrogen-bond donors (Lipinski definition) is 0. The molecule has 0 spiro atoms. The molecule has 1 aliphatic rings. The SMILES string of the molecule is O=S(=O)(Oc1cccc2c1CC(COc1ccc(F)c(F)c1)O2)C(F)(F)F. The van der Waals surface area contributed by atoms with Crippen molar-refractivity contribution in [3.05, 3.63) is 53.6 Å². The maximum Gasteiger partial charge on any atom is 0.534 e. The van der Waals surface area contributed by atoms with Crippen molar-refractivity contribution in [2.24, 2.45) is 0 Å². The van der Waals surface area contributed by atoms with Gasteiger partial charge >= 0.3 is 15.6 Å². The van der Waals surface area contributed by atoms with Crippen molar-refractivity contribution in [3.63, 3.8) is 0 Å². The number of fused-ring (bicyclic) bond motifs is 1. The molecule has 2 aromatic carbocycles. The van der Waals surface area contributed by atoms with Crippen molar-refractivity contribution in [3.8, 4) is 17.2 Å². The molecule has 1 aliphatic heterocycles. The van der Waals surface area contributed by atoms with Gasteiger partial charge in [0.05, 0.1) is 0 Å². The Labute approximate surface area is 150 Å². The molecule has 0 saturated heterocycles. The highest BCUT2D eigenvalue weighted by Gasteiger charge is 2.49. The summed E-state index contributed by atoms with van der Waals surface area (Å²) in [6.45, 7) is -0.134. The molecule has 3 rings (SSSR count). The van der Waals surface area contributed by atoms with Gasteiger partial charge < -0.3 is 13.7 Å². The van der Waals surface area contributed by atoms with E-state index in [0.717, 1.165) is 18.2 Å². The minimum Gasteiger partial charge on any atom is -0.490 e. The lowest BCUT2D eigenvalue weighted by Gasteiger charge is -2.12. The molecule has 1 unspecified atom stereocenters. The van der Waals surface area contributed by atoms with Gasteiger partial charge in [-0.2, -0.15) is 21.6 Å². The summed E-state index contributed by atoms with van der Waals surface area (Å²) in [6, 6.07) is 6.69. The summed E-state index contributed by atoms with van der Waals surface area (Å²) in [5.41, 5.74) is -5.44. The quantitative estimate of drug-likeness (QED) is 0.429. The summed E-state index contributed by atoms with van der Waals surface area (Å²) in [5.74, 6) is -2.47. The molecule has 0 radical (unpaired) electrons. The van der Waals surface area contributed by atoms with Crippen LogP contribution in [0.3, 0.4) is 0 Å². The van der Waals surface area contributed by atoms with Gasteiger partial charge in [-0.15, -0.1) is 0 Å². The first-order valence-corrected chi connectivity index (χ1v) is 8.85. The van der Waals surface area contributed by atoms with Crippen LogP contribution in [0, 0.1) is 11.6 Å². The van der Waals surface area contributed by atoms with Crippen molar-refractivity contribution in [2.75, 3.05) is 6.61 Å². The number of hydrogen-bond acceptors (Lipinski definition) is 5. The molecule has 0 N–H and O–H groups in total. The molecule has 0 fully saturated rings. The summed E-state index contributed by atoms with van der Waals surface area (Å²) in [5, 5.41) is 0. The summed E-state index contributed by atoms with van der Waals surface area (Å²) in [4.78, 5) is 0. The summed E-state index contributed by atoms with van der Waals surface area (Å²) in [6.07, 6.45) is -0.686. The van der Waals surface area contributed by atoms with Gasteiger partial charge in [0.1, 0.15) is 30.0 Å². The predicted molar refractivity (Wildman–Crippen MR) is 82.0 cm³/mol. The monoisotopic (exact) mass is 410 g/mol. The van der Waals surface area contributed by atoms with Crippen LogP contribution in [0.1, 0.15) is 5.56 Å². The van der Waals surface area contributed by atoms with E-state index >= 15 is 0 Å². The van der Waals surface area contributed by atoms with E-state index in [9.17, 15) is 30.4 Å². The third kappa shape index (κ3) is 4.07. The highest BCUT2D eigenvalue weighted by Crippen LogP contribution is 2.38. The molecule has 0 amide bonds. The Kier molecular flexibility index (Phi) is 4.89. The number of rotatable bonds is 5. The Bertz CT molecular complexity index is 958. The molecule has 0 aliphatic carbocycles. The molecule has 11 heteroatoms. The molecule has 2 aromatic rings. The van der Waals surface area contributed by atoms with Crippen molar-refractivity contribution in [2.45, 2.75) is 18.0 Å². The molecule has 146 valence electrons. The zero-order valence-corrected chi connectivity index (χ0v) is 14.1. The normalized spacial score (nSPS) is 16.6. The average molecular weight is 410 g/mol. The van der Waals surface area contributed by atoms with E-state index in [0.29, 0.717) is 0 Å². The highest BCUT2D eigenvalue weighted by atomic mass is 32.2. The van der Waals surface area contributed by atoms with Gasteiger partial charge in [0.25, 0.3) is 0 Å². The first-order chi connectivity index (χ1) is 12.6. The number of benzene rings is 2. The topological polar surface area (TPSA) is 61.8 Å². The van der Waals surface area contributed by atoms with Crippen LogP contribution in [0.2, 0.25) is 0 Å². The van der Waals surface area contributed by atoms with E-state index in [4.69, 9.17) is 9.47 Å². The van der Waals surface area contributed by atoms with Gasteiger partial charge in [-0.05, 0) is 24.3 Å². The fraction of sp³-hybridized carbons (Fsp3) is 0.250. The van der Waals surface area contributed by atoms with E-state index in [-0.39, 0.29) is 30.1 Å². The average Bonchev–Trinajstić information content (AvgIpc) is 2.99. The van der Waals surface area contributed by atoms with Gasteiger partial charge in [0, 0.05) is 18.1 Å². The van der Waals surface area contributed by atoms with Crippen molar-refractivity contribution in [1.82, 2.24) is 0 Å². The van der Waals surface area contributed by atoms with E-state index in [1.54, 1.807) is 0 Å². The van der Waals surface area contributed by atoms with Crippen LogP contribution < -0.4 is 13.7 Å². The van der Waals surface area contributed by atoms with Crippen LogP contribution in [0.15, 0.2) is 36.4 Å². The van der Waals surface area contributed by atoms with Crippen LogP contribution in [-0.2, 0) is 16.5 Å². The largest absolute Gasteiger partial charge is 0.534 e. The predicted octanol–water partition coefficient (Wildman–Crippen LogP) is 3.58. The van der Waals surface area contributed by atoms with E-state index < -0.39 is 39.1 Å². The fourth-order valence-electron chi connectivity index (χ4n) is 2.40. The number of ether oxygens (including phenoxy) is 2. The Balaban J connectivity index is 1.70. The van der Waals surface area contributed by atoms with Crippen molar-refractivity contribution >= 4 is 10.1 Å². The minimum atomic E-state index is -5.82. The van der Waals surface area contributed by atoms with Gasteiger partial charge in [0.15, 0.2) is 11.6 Å². The maximum atomic E-state index is 13.2. The summed E-state index contributed by atoms with van der Waals surface area (Å²) in [7, 11) is -5.82. The Morgan fingerprint density at radius 2 is 1.85 bits per heavy atom. The first kappa shape index (κ1) is 19.2. The summed E-state index contributed by atoms with van der Waals surface area (Å²) >= 11 is 0. The lowest BCUT2D eigenvalue weighted by Crippen LogP contribution is -2.28. The van der Waals surface area contributed by atoms with Crippen LogP contribution >= 0.6 is 0 Å². The van der Waals surface area contributed by atoms with Crippen molar-refractivity contribution < 1.29 is 44.0 Å². The lowest BCUT2D eigenvalue weighted by atomic mass is 10.1. The highest BCUT2D eigenvalue weighted by molar-refractivity contribution is 7.88. The molecular formula is C16H11F5O5S. The van der Waals surface area contributed by atoms with Gasteiger partial charge in [-0.3, -0.25) is 0 Å². The smallest absolute Gasteiger partial charge is 0.490 e. The van der Waals surface area contributed by atoms with Gasteiger partial charge in [-0.1, -0.05) is 6.07 Å². The molecular weight excluding hydrogens is 399 g/mol. The summed E-state index contributed by atoms with van der Waals surface area (Å²) < 4.78 is 101. The number of alkyl halides is 3. The van der Waals surface area contributed by atoms with Gasteiger partial charge in [-0.25, -0.2) is 8.78 Å². The maximum absolute atomic E-state index is 13.2. The molecule has 27 heavy (non-hydrogen) atoms. The van der Waals surface area contributed by atoms with Crippen LogP contribution in [0.4, 0.5) is 22.0 Å². The molecule has 1 atom stereocenters. The second-order valence-corrected chi connectivity index (χ2v) is 7.08. The zero-order chi connectivity index (χ0) is 19.8. The Morgan fingerprint density at radius 3 is 2.52 bits per heavy atom. The Hall–Kier alpha value is -2.56. The van der Waals surface area contributed by atoms with Crippen LogP contribution in [0.5, 0.6) is 17.2 Å². The molecule has 5 nitrogen and oxygen atoms in total. The van der Waals surface area contributed by atoms with E-state index in [1.807, 2.05) is 0 Å². The Morgan fingerprint density at radius 1 is 1.11 bits per heavy atom. The molecule has 0 bridgehead atoms. The van der Waals surface area contributed by atoms with Crippen LogP contribution in [-0.4, -0.2) is 26.6 Å². The second kappa shape index (κ2) is 6.87. The third-order valence-electron chi connectivity index (χ3n) is 3.63. The first-order valence-electron chi connectivity index (χ1n) is 7.44. The number of halogens is 5. The second-order valence-electron chi connectivity index (χ2n) is 5.55. The lowest BCUT2D eigenvalue weighted by molar-refractivity contribution is -0.0500. The third-order valence-corrected chi connectivity index (χ3v) is 4.59. The molecule has 0 aromatic heterocycles. The fourth-order valence-corrected chi connectivity index (χ4v) is 2.89. The molecule has 1 heterocycles. The van der Waals surface area contributed by atoms with Crippen LogP contribution in [0.25, 0.3) is 0 Å². The van der Waals surface area contributed by atoms with Crippen molar-refractivity contribution in [1.29, 1.82) is 0 Å². The molecule has 0 saturated carbocycles. The van der Waals surface area contributed by atoms with E-state index in [1.165, 1.54) is 18.2 Å². The minimum absolute atomic E-state index is 0.00254. The zero-order valence-electron chi connectivity index (χ0n) is 13.3.